The minimum absolute atomic E-state index is 0.0659. The van der Waals surface area contributed by atoms with Gasteiger partial charge < -0.3 is 11.1 Å². The fourth-order valence-electron chi connectivity index (χ4n) is 1.00. The number of carbonyl (C=O) groups is 1. The second kappa shape index (κ2) is 7.63. The summed E-state index contributed by atoms with van der Waals surface area (Å²) in [6, 6.07) is 0.0791. The van der Waals surface area contributed by atoms with E-state index in [1.807, 2.05) is 6.92 Å². The molecule has 0 rings (SSSR count). The van der Waals surface area contributed by atoms with Crippen LogP contribution in [0.2, 0.25) is 0 Å². The van der Waals surface area contributed by atoms with Gasteiger partial charge in [0.15, 0.2) is 0 Å². The van der Waals surface area contributed by atoms with Crippen molar-refractivity contribution in [3.63, 3.8) is 0 Å². The number of nitrogens with one attached hydrogen (secondary N) is 1. The minimum atomic E-state index is 0.0659. The van der Waals surface area contributed by atoms with Crippen molar-refractivity contribution in [2.75, 3.05) is 6.54 Å². The SMILES string of the molecule is C#CCC(C)NC(=O)CCCCN. The Kier molecular flexibility index (Phi) is 7.04. The fraction of sp³-hybridized carbons (Fsp3) is 0.700. The highest BCUT2D eigenvalue weighted by atomic mass is 16.1. The van der Waals surface area contributed by atoms with Gasteiger partial charge >= 0.3 is 0 Å². The van der Waals surface area contributed by atoms with E-state index in [0.717, 1.165) is 12.8 Å². The van der Waals surface area contributed by atoms with E-state index in [1.54, 1.807) is 0 Å². The third-order valence-electron chi connectivity index (χ3n) is 1.69. The summed E-state index contributed by atoms with van der Waals surface area (Å²) in [7, 11) is 0. The molecule has 1 atom stereocenters. The molecule has 74 valence electrons. The fourth-order valence-corrected chi connectivity index (χ4v) is 1.00. The topological polar surface area (TPSA) is 55.1 Å². The Labute approximate surface area is 80.1 Å². The van der Waals surface area contributed by atoms with Gasteiger partial charge in [0.05, 0.1) is 0 Å². The van der Waals surface area contributed by atoms with Crippen LogP contribution in [0, 0.1) is 12.3 Å². The van der Waals surface area contributed by atoms with Crippen molar-refractivity contribution in [1.82, 2.24) is 5.32 Å². The second-order valence-corrected chi connectivity index (χ2v) is 3.12. The molecular formula is C10H18N2O. The molecule has 3 heteroatoms. The van der Waals surface area contributed by atoms with E-state index in [-0.39, 0.29) is 11.9 Å². The van der Waals surface area contributed by atoms with Crippen LogP contribution in [0.15, 0.2) is 0 Å². The number of rotatable bonds is 6. The first-order chi connectivity index (χ1) is 6.20. The Bertz CT molecular complexity index is 184. The molecule has 0 bridgehead atoms. The highest BCUT2D eigenvalue weighted by Crippen LogP contribution is 1.95. The van der Waals surface area contributed by atoms with Gasteiger partial charge in [0, 0.05) is 18.9 Å². The Balaban J connectivity index is 3.45. The van der Waals surface area contributed by atoms with Crippen molar-refractivity contribution < 1.29 is 4.79 Å². The molecule has 0 aromatic carbocycles. The number of hydrogen-bond donors (Lipinski definition) is 2. The molecule has 1 unspecified atom stereocenters. The molecule has 0 heterocycles. The summed E-state index contributed by atoms with van der Waals surface area (Å²) < 4.78 is 0. The quantitative estimate of drug-likeness (QED) is 0.468. The number of unbranched alkanes of at least 4 members (excludes halogenated alkanes) is 1. The summed E-state index contributed by atoms with van der Waals surface area (Å²) in [6.45, 7) is 2.55. The molecule has 0 radical (unpaired) electrons. The maximum atomic E-state index is 11.2. The van der Waals surface area contributed by atoms with Gasteiger partial charge in [-0.15, -0.1) is 12.3 Å². The van der Waals surface area contributed by atoms with Gasteiger partial charge in [-0.1, -0.05) is 0 Å². The number of amides is 1. The van der Waals surface area contributed by atoms with Crippen molar-refractivity contribution in [1.29, 1.82) is 0 Å². The first kappa shape index (κ1) is 12.0. The molecule has 0 aliphatic carbocycles. The normalized spacial score (nSPS) is 11.8. The predicted octanol–water partition coefficient (Wildman–Crippen LogP) is 0.643. The van der Waals surface area contributed by atoms with Crippen LogP contribution < -0.4 is 11.1 Å². The van der Waals surface area contributed by atoms with Gasteiger partial charge in [-0.05, 0) is 26.3 Å². The zero-order valence-corrected chi connectivity index (χ0v) is 8.18. The molecule has 1 amide bonds. The van der Waals surface area contributed by atoms with Crippen LogP contribution in [-0.2, 0) is 4.79 Å². The Hall–Kier alpha value is -1.01. The van der Waals surface area contributed by atoms with E-state index in [1.165, 1.54) is 0 Å². The van der Waals surface area contributed by atoms with Crippen LogP contribution in [0.5, 0.6) is 0 Å². The third kappa shape index (κ3) is 7.35. The predicted molar refractivity (Wildman–Crippen MR) is 54.0 cm³/mol. The second-order valence-electron chi connectivity index (χ2n) is 3.12. The summed E-state index contributed by atoms with van der Waals surface area (Å²) in [4.78, 5) is 11.2. The lowest BCUT2D eigenvalue weighted by Gasteiger charge is -2.10. The standard InChI is InChI=1S/C10H18N2O/c1-3-6-9(2)12-10(13)7-4-5-8-11/h1,9H,4-8,11H2,2H3,(H,12,13). The first-order valence-electron chi connectivity index (χ1n) is 4.63. The van der Waals surface area contributed by atoms with E-state index in [0.29, 0.717) is 19.4 Å². The molecule has 0 aliphatic rings. The van der Waals surface area contributed by atoms with Gasteiger partial charge in [0.25, 0.3) is 0 Å². The minimum Gasteiger partial charge on any atom is -0.353 e. The molecule has 0 spiro atoms. The van der Waals surface area contributed by atoms with Gasteiger partial charge in [-0.2, -0.15) is 0 Å². The zero-order chi connectivity index (χ0) is 10.1. The van der Waals surface area contributed by atoms with Gasteiger partial charge in [-0.25, -0.2) is 0 Å². The monoisotopic (exact) mass is 182 g/mol. The highest BCUT2D eigenvalue weighted by Gasteiger charge is 2.04. The van der Waals surface area contributed by atoms with E-state index in [2.05, 4.69) is 11.2 Å². The zero-order valence-electron chi connectivity index (χ0n) is 8.18. The summed E-state index contributed by atoms with van der Waals surface area (Å²) in [6.07, 6.45) is 7.99. The molecule has 0 saturated carbocycles. The molecule has 3 nitrogen and oxygen atoms in total. The molecule has 0 saturated heterocycles. The number of hydrogen-bond acceptors (Lipinski definition) is 2. The summed E-state index contributed by atoms with van der Waals surface area (Å²) in [5.74, 6) is 2.57. The first-order valence-corrected chi connectivity index (χ1v) is 4.63. The maximum absolute atomic E-state index is 11.2. The maximum Gasteiger partial charge on any atom is 0.220 e. The van der Waals surface area contributed by atoms with Crippen LogP contribution in [0.3, 0.4) is 0 Å². The number of nitrogens with two attached hydrogens (primary N) is 1. The smallest absolute Gasteiger partial charge is 0.220 e. The lowest BCUT2D eigenvalue weighted by atomic mass is 10.2. The van der Waals surface area contributed by atoms with Gasteiger partial charge in [0.2, 0.25) is 5.91 Å². The average molecular weight is 182 g/mol. The Morgan fingerprint density at radius 1 is 1.62 bits per heavy atom. The average Bonchev–Trinajstić information content (AvgIpc) is 2.05. The van der Waals surface area contributed by atoms with E-state index < -0.39 is 0 Å². The highest BCUT2D eigenvalue weighted by molar-refractivity contribution is 5.76. The summed E-state index contributed by atoms with van der Waals surface area (Å²) in [5.41, 5.74) is 5.31. The van der Waals surface area contributed by atoms with E-state index in [9.17, 15) is 4.79 Å². The number of carbonyl (C=O) groups excluding carboxylic acids is 1. The van der Waals surface area contributed by atoms with Crippen LogP contribution >= 0.6 is 0 Å². The largest absolute Gasteiger partial charge is 0.353 e. The number of terminal acetylenes is 1. The Morgan fingerprint density at radius 3 is 2.85 bits per heavy atom. The molecule has 13 heavy (non-hydrogen) atoms. The molecule has 0 aromatic heterocycles. The van der Waals surface area contributed by atoms with Crippen molar-refractivity contribution >= 4 is 5.91 Å². The van der Waals surface area contributed by atoms with E-state index >= 15 is 0 Å². The summed E-state index contributed by atoms with van der Waals surface area (Å²) >= 11 is 0. The van der Waals surface area contributed by atoms with Crippen molar-refractivity contribution in [3.05, 3.63) is 0 Å². The van der Waals surface area contributed by atoms with Gasteiger partial charge in [-0.3, -0.25) is 4.79 Å². The molecule has 0 aliphatic heterocycles. The van der Waals surface area contributed by atoms with Crippen LogP contribution in [0.25, 0.3) is 0 Å². The van der Waals surface area contributed by atoms with Crippen LogP contribution in [0.4, 0.5) is 0 Å². The van der Waals surface area contributed by atoms with E-state index in [4.69, 9.17) is 12.2 Å². The Morgan fingerprint density at radius 2 is 2.31 bits per heavy atom. The van der Waals surface area contributed by atoms with Crippen LogP contribution in [-0.4, -0.2) is 18.5 Å². The van der Waals surface area contributed by atoms with Crippen LogP contribution in [0.1, 0.15) is 32.6 Å². The lowest BCUT2D eigenvalue weighted by molar-refractivity contribution is -0.121. The summed E-state index contributed by atoms with van der Waals surface area (Å²) in [5, 5.41) is 2.82. The lowest BCUT2D eigenvalue weighted by Crippen LogP contribution is -2.32. The van der Waals surface area contributed by atoms with Crippen molar-refractivity contribution in [2.45, 2.75) is 38.6 Å². The molecular weight excluding hydrogens is 164 g/mol. The van der Waals surface area contributed by atoms with Crippen molar-refractivity contribution in [2.24, 2.45) is 5.73 Å². The molecule has 0 aromatic rings. The molecule has 0 fully saturated rings. The van der Waals surface area contributed by atoms with Gasteiger partial charge in [0.1, 0.15) is 0 Å². The molecule has 3 N–H and O–H groups in total. The van der Waals surface area contributed by atoms with Crippen molar-refractivity contribution in [3.8, 4) is 12.3 Å². The third-order valence-corrected chi connectivity index (χ3v) is 1.69.